The van der Waals surface area contributed by atoms with Gasteiger partial charge in [-0.2, -0.15) is 0 Å². The van der Waals surface area contributed by atoms with E-state index in [9.17, 15) is 9.59 Å². The van der Waals surface area contributed by atoms with Gasteiger partial charge in [-0.25, -0.2) is 0 Å². The molecule has 0 aromatic heterocycles. The van der Waals surface area contributed by atoms with Crippen LogP contribution in [0.1, 0.15) is 23.7 Å². The minimum absolute atomic E-state index is 0.0610. The summed E-state index contributed by atoms with van der Waals surface area (Å²) in [5, 5.41) is 2.82. The van der Waals surface area contributed by atoms with Gasteiger partial charge >= 0.3 is 0 Å². The van der Waals surface area contributed by atoms with E-state index in [1.54, 1.807) is 43.5 Å². The fourth-order valence-electron chi connectivity index (χ4n) is 3.13. The molecular weight excluding hydrogens is 392 g/mol. The second-order valence-electron chi connectivity index (χ2n) is 6.92. The second-order valence-corrected chi connectivity index (χ2v) is 6.92. The molecule has 0 fully saturated rings. The van der Waals surface area contributed by atoms with Crippen LogP contribution < -0.4 is 14.8 Å². The van der Waals surface area contributed by atoms with Crippen LogP contribution in [0.4, 0.5) is 5.69 Å². The average molecular weight is 418 g/mol. The van der Waals surface area contributed by atoms with Crippen LogP contribution in [0.25, 0.3) is 0 Å². The Labute approximate surface area is 182 Å². The average Bonchev–Trinajstić information content (AvgIpc) is 2.79. The van der Waals surface area contributed by atoms with E-state index in [-0.39, 0.29) is 18.4 Å². The number of anilines is 1. The number of hydrogen-bond acceptors (Lipinski definition) is 4. The van der Waals surface area contributed by atoms with Crippen molar-refractivity contribution in [3.8, 4) is 17.2 Å². The van der Waals surface area contributed by atoms with E-state index >= 15 is 0 Å². The molecule has 0 spiro atoms. The highest BCUT2D eigenvalue weighted by atomic mass is 16.5. The molecule has 2 amide bonds. The first-order chi connectivity index (χ1) is 15.1. The first-order valence-electron chi connectivity index (χ1n) is 10.2. The number of methoxy groups -OCH3 is 1. The Hall–Kier alpha value is -3.80. The predicted octanol–water partition coefficient (Wildman–Crippen LogP) is 4.98. The van der Waals surface area contributed by atoms with Gasteiger partial charge in [0.25, 0.3) is 5.91 Å². The van der Waals surface area contributed by atoms with Crippen LogP contribution in [0.15, 0.2) is 78.9 Å². The van der Waals surface area contributed by atoms with Crippen molar-refractivity contribution in [3.05, 3.63) is 84.4 Å². The summed E-state index contributed by atoms with van der Waals surface area (Å²) in [5.74, 6) is 1.30. The van der Waals surface area contributed by atoms with Gasteiger partial charge in [-0.1, -0.05) is 43.3 Å². The highest BCUT2D eigenvalue weighted by molar-refractivity contribution is 6.00. The molecule has 6 nitrogen and oxygen atoms in total. The van der Waals surface area contributed by atoms with Crippen LogP contribution in [0, 0.1) is 0 Å². The van der Waals surface area contributed by atoms with Gasteiger partial charge in [0.05, 0.1) is 12.8 Å². The molecule has 6 heteroatoms. The van der Waals surface area contributed by atoms with Gasteiger partial charge in [0.15, 0.2) is 0 Å². The number of carbonyl (C=O) groups is 2. The Morgan fingerprint density at radius 1 is 0.903 bits per heavy atom. The Kier molecular flexibility index (Phi) is 7.65. The Balaban J connectivity index is 1.71. The SMILES string of the molecule is CCCN(CC(=O)Nc1ccccc1OC)C(=O)c1cccc(Oc2ccccc2)c1. The molecule has 0 saturated heterocycles. The summed E-state index contributed by atoms with van der Waals surface area (Å²) in [6.45, 7) is 2.36. The Morgan fingerprint density at radius 2 is 1.61 bits per heavy atom. The third-order valence-corrected chi connectivity index (χ3v) is 4.56. The molecule has 3 rings (SSSR count). The van der Waals surface area contributed by atoms with Crippen molar-refractivity contribution in [1.82, 2.24) is 4.90 Å². The standard InChI is InChI=1S/C25H26N2O4/c1-3-16-27(18-24(28)26-22-14-7-8-15-23(22)30-2)25(29)19-10-9-13-21(17-19)31-20-11-5-4-6-12-20/h4-15,17H,3,16,18H2,1-2H3,(H,26,28). The van der Waals surface area contributed by atoms with E-state index in [0.717, 1.165) is 6.42 Å². The van der Waals surface area contributed by atoms with E-state index in [0.29, 0.717) is 35.0 Å². The van der Waals surface area contributed by atoms with Crippen LogP contribution >= 0.6 is 0 Å². The van der Waals surface area contributed by atoms with Crippen molar-refractivity contribution >= 4 is 17.5 Å². The van der Waals surface area contributed by atoms with Crippen molar-refractivity contribution in [2.75, 3.05) is 25.5 Å². The van der Waals surface area contributed by atoms with Crippen molar-refractivity contribution in [2.45, 2.75) is 13.3 Å². The van der Waals surface area contributed by atoms with E-state index < -0.39 is 0 Å². The topological polar surface area (TPSA) is 67.9 Å². The van der Waals surface area contributed by atoms with Crippen LogP contribution in [-0.4, -0.2) is 36.9 Å². The first-order valence-corrected chi connectivity index (χ1v) is 10.2. The maximum atomic E-state index is 13.1. The summed E-state index contributed by atoms with van der Waals surface area (Å²) in [6.07, 6.45) is 0.730. The molecule has 0 unspecified atom stereocenters. The highest BCUT2D eigenvalue weighted by Gasteiger charge is 2.19. The number of amides is 2. The number of hydrogen-bond donors (Lipinski definition) is 1. The summed E-state index contributed by atoms with van der Waals surface area (Å²) in [5.41, 5.74) is 1.03. The second kappa shape index (κ2) is 10.8. The summed E-state index contributed by atoms with van der Waals surface area (Å²) in [6, 6.07) is 23.5. The maximum Gasteiger partial charge on any atom is 0.254 e. The number of nitrogens with one attached hydrogen (secondary N) is 1. The molecule has 0 radical (unpaired) electrons. The summed E-state index contributed by atoms with van der Waals surface area (Å²) in [7, 11) is 1.54. The van der Waals surface area contributed by atoms with Gasteiger partial charge in [0, 0.05) is 12.1 Å². The lowest BCUT2D eigenvalue weighted by Gasteiger charge is -2.22. The van der Waals surface area contributed by atoms with Gasteiger partial charge in [-0.15, -0.1) is 0 Å². The van der Waals surface area contributed by atoms with Crippen molar-refractivity contribution in [2.24, 2.45) is 0 Å². The zero-order chi connectivity index (χ0) is 22.1. The third kappa shape index (κ3) is 6.09. The lowest BCUT2D eigenvalue weighted by Crippen LogP contribution is -2.38. The number of carbonyl (C=O) groups excluding carboxylic acids is 2. The molecule has 31 heavy (non-hydrogen) atoms. The molecule has 0 aliphatic rings. The number of nitrogens with zero attached hydrogens (tertiary/aromatic N) is 1. The molecule has 0 aliphatic heterocycles. The minimum atomic E-state index is -0.289. The molecule has 0 bridgehead atoms. The van der Waals surface area contributed by atoms with Crippen LogP contribution in [0.5, 0.6) is 17.2 Å². The van der Waals surface area contributed by atoms with Crippen molar-refractivity contribution in [3.63, 3.8) is 0 Å². The van der Waals surface area contributed by atoms with E-state index in [4.69, 9.17) is 9.47 Å². The fourth-order valence-corrected chi connectivity index (χ4v) is 3.13. The van der Waals surface area contributed by atoms with Gasteiger partial charge in [0.2, 0.25) is 5.91 Å². The number of benzene rings is 3. The lowest BCUT2D eigenvalue weighted by atomic mass is 10.1. The van der Waals surface area contributed by atoms with Gasteiger partial charge in [-0.3, -0.25) is 9.59 Å². The van der Waals surface area contributed by atoms with Crippen molar-refractivity contribution in [1.29, 1.82) is 0 Å². The van der Waals surface area contributed by atoms with Gasteiger partial charge < -0.3 is 19.7 Å². The van der Waals surface area contributed by atoms with Gasteiger partial charge in [0.1, 0.15) is 23.8 Å². The monoisotopic (exact) mass is 418 g/mol. The number of ether oxygens (including phenoxy) is 2. The van der Waals surface area contributed by atoms with E-state index in [2.05, 4.69) is 5.32 Å². The maximum absolute atomic E-state index is 13.1. The highest BCUT2D eigenvalue weighted by Crippen LogP contribution is 2.24. The predicted molar refractivity (Wildman–Crippen MR) is 121 cm³/mol. The van der Waals surface area contributed by atoms with E-state index in [1.807, 2.05) is 49.4 Å². The zero-order valence-electron chi connectivity index (χ0n) is 17.7. The smallest absolute Gasteiger partial charge is 0.254 e. The summed E-state index contributed by atoms with van der Waals surface area (Å²) < 4.78 is 11.1. The number of para-hydroxylation sites is 3. The molecule has 0 heterocycles. The lowest BCUT2D eigenvalue weighted by molar-refractivity contribution is -0.116. The first kappa shape index (κ1) is 21.9. The molecular formula is C25H26N2O4. The molecule has 3 aromatic rings. The number of rotatable bonds is 9. The van der Waals surface area contributed by atoms with Crippen LogP contribution in [0.2, 0.25) is 0 Å². The molecule has 3 aromatic carbocycles. The fraction of sp³-hybridized carbons (Fsp3) is 0.200. The third-order valence-electron chi connectivity index (χ3n) is 4.56. The summed E-state index contributed by atoms with van der Waals surface area (Å²) >= 11 is 0. The quantitative estimate of drug-likeness (QED) is 0.532. The molecule has 1 N–H and O–H groups in total. The Morgan fingerprint density at radius 3 is 2.35 bits per heavy atom. The van der Waals surface area contributed by atoms with Crippen LogP contribution in [-0.2, 0) is 4.79 Å². The Bertz CT molecular complexity index is 1020. The zero-order valence-corrected chi connectivity index (χ0v) is 17.7. The molecule has 0 aliphatic carbocycles. The summed E-state index contributed by atoms with van der Waals surface area (Å²) in [4.78, 5) is 27.3. The molecule has 0 atom stereocenters. The van der Waals surface area contributed by atoms with E-state index in [1.165, 1.54) is 4.90 Å². The minimum Gasteiger partial charge on any atom is -0.495 e. The largest absolute Gasteiger partial charge is 0.495 e. The molecule has 0 saturated carbocycles. The normalized spacial score (nSPS) is 10.3. The van der Waals surface area contributed by atoms with Gasteiger partial charge in [-0.05, 0) is 48.9 Å². The molecule has 160 valence electrons. The van der Waals surface area contributed by atoms with Crippen LogP contribution in [0.3, 0.4) is 0 Å². The van der Waals surface area contributed by atoms with Crippen molar-refractivity contribution < 1.29 is 19.1 Å².